The van der Waals surface area contributed by atoms with Gasteiger partial charge in [-0.25, -0.2) is 0 Å². The zero-order valence-electron chi connectivity index (χ0n) is 10.6. The molecule has 22 heavy (non-hydrogen) atoms. The molecule has 11 heteroatoms. The van der Waals surface area contributed by atoms with E-state index < -0.39 is 35.4 Å². The lowest BCUT2D eigenvalue weighted by molar-refractivity contribution is -0.343. The minimum absolute atomic E-state index is 0.134. The number of phenols is 1. The molecule has 124 valence electrons. The summed E-state index contributed by atoms with van der Waals surface area (Å²) in [5.41, 5.74) is -0.624. The molecule has 0 aliphatic rings. The lowest BCUT2D eigenvalue weighted by atomic mass is 10.1. The topological polar surface area (TPSA) is 58.6 Å². The van der Waals surface area contributed by atoms with Crippen LogP contribution in [0.5, 0.6) is 11.5 Å². The fraction of sp³-hybridized carbons (Fsp3) is 0.364. The van der Waals surface area contributed by atoms with Crippen molar-refractivity contribution in [2.24, 2.45) is 0 Å². The monoisotopic (exact) mass is 335 g/mol. The molecule has 0 saturated carbocycles. The molecule has 0 heterocycles. The van der Waals surface area contributed by atoms with E-state index in [-0.39, 0.29) is 5.75 Å². The molecule has 0 atom stereocenters. The van der Waals surface area contributed by atoms with E-state index in [1.165, 1.54) is 5.32 Å². The van der Waals surface area contributed by atoms with Crippen LogP contribution in [-0.4, -0.2) is 36.1 Å². The first kappa shape index (κ1) is 17.9. The first-order valence-corrected chi connectivity index (χ1v) is 5.35. The van der Waals surface area contributed by atoms with E-state index in [9.17, 15) is 40.6 Å². The van der Waals surface area contributed by atoms with Gasteiger partial charge in [-0.15, -0.1) is 0 Å². The Morgan fingerprint density at radius 2 is 1.68 bits per heavy atom. The van der Waals surface area contributed by atoms with Gasteiger partial charge in [0.05, 0.1) is 7.11 Å². The fourth-order valence-corrected chi connectivity index (χ4v) is 1.30. The second kappa shape index (κ2) is 5.54. The molecule has 1 aromatic carbocycles. The van der Waals surface area contributed by atoms with Crippen LogP contribution in [0.4, 0.5) is 36.4 Å². The SMILES string of the molecule is COc1ccc(NC(=O)C(F)(F)C(F)(F)C(F)(F)F)cc1O. The van der Waals surface area contributed by atoms with Crippen LogP contribution >= 0.6 is 0 Å². The highest BCUT2D eigenvalue weighted by Gasteiger charge is 2.76. The van der Waals surface area contributed by atoms with Crippen LogP contribution < -0.4 is 10.1 Å². The van der Waals surface area contributed by atoms with Crippen molar-refractivity contribution in [3.05, 3.63) is 18.2 Å². The Morgan fingerprint density at radius 1 is 1.14 bits per heavy atom. The highest BCUT2D eigenvalue weighted by Crippen LogP contribution is 2.47. The number of carbonyl (C=O) groups excluding carboxylic acids is 1. The molecule has 0 unspecified atom stereocenters. The predicted molar refractivity (Wildman–Crippen MR) is 59.2 cm³/mol. The van der Waals surface area contributed by atoms with Crippen LogP contribution in [0.15, 0.2) is 18.2 Å². The van der Waals surface area contributed by atoms with Crippen molar-refractivity contribution in [2.75, 3.05) is 12.4 Å². The Hall–Kier alpha value is -2.20. The highest BCUT2D eigenvalue weighted by atomic mass is 19.4. The lowest BCUT2D eigenvalue weighted by Crippen LogP contribution is -2.57. The van der Waals surface area contributed by atoms with Crippen LogP contribution in [-0.2, 0) is 4.79 Å². The van der Waals surface area contributed by atoms with Gasteiger partial charge in [-0.1, -0.05) is 0 Å². The largest absolute Gasteiger partial charge is 0.504 e. The number of hydrogen-bond acceptors (Lipinski definition) is 3. The van der Waals surface area contributed by atoms with E-state index >= 15 is 0 Å². The number of methoxy groups -OCH3 is 1. The van der Waals surface area contributed by atoms with Gasteiger partial charge < -0.3 is 15.2 Å². The van der Waals surface area contributed by atoms with E-state index in [0.29, 0.717) is 6.07 Å². The summed E-state index contributed by atoms with van der Waals surface area (Å²) in [7, 11) is 1.14. The van der Waals surface area contributed by atoms with E-state index in [4.69, 9.17) is 0 Å². The number of hydrogen-bond donors (Lipinski definition) is 2. The van der Waals surface area contributed by atoms with Crippen molar-refractivity contribution in [1.29, 1.82) is 0 Å². The number of amides is 1. The molecule has 0 aliphatic heterocycles. The van der Waals surface area contributed by atoms with Crippen LogP contribution in [0.1, 0.15) is 0 Å². The van der Waals surface area contributed by atoms with Gasteiger partial charge >= 0.3 is 23.9 Å². The number of halogens is 7. The summed E-state index contributed by atoms with van der Waals surface area (Å²) in [5.74, 6) is -16.3. The van der Waals surface area contributed by atoms with Gasteiger partial charge in [0.25, 0.3) is 0 Å². The molecule has 0 aromatic heterocycles. The minimum Gasteiger partial charge on any atom is -0.504 e. The van der Waals surface area contributed by atoms with Gasteiger partial charge in [-0.2, -0.15) is 30.7 Å². The molecule has 0 saturated heterocycles. The molecule has 1 rings (SSSR count). The summed E-state index contributed by atoms with van der Waals surface area (Å²) < 4.78 is 91.8. The summed E-state index contributed by atoms with van der Waals surface area (Å²) >= 11 is 0. The average molecular weight is 335 g/mol. The Labute approximate surface area is 118 Å². The van der Waals surface area contributed by atoms with E-state index in [0.717, 1.165) is 19.2 Å². The lowest BCUT2D eigenvalue weighted by Gasteiger charge is -2.27. The Kier molecular flexibility index (Phi) is 4.49. The summed E-state index contributed by atoms with van der Waals surface area (Å²) in [5, 5.41) is 10.5. The molecule has 0 aliphatic carbocycles. The fourth-order valence-electron chi connectivity index (χ4n) is 1.30. The van der Waals surface area contributed by atoms with E-state index in [1.807, 2.05) is 0 Å². The van der Waals surface area contributed by atoms with Crippen molar-refractivity contribution in [3.8, 4) is 11.5 Å². The van der Waals surface area contributed by atoms with E-state index in [1.54, 1.807) is 0 Å². The van der Waals surface area contributed by atoms with Gasteiger partial charge in [0.15, 0.2) is 11.5 Å². The summed E-state index contributed by atoms with van der Waals surface area (Å²) in [6, 6.07) is 2.47. The first-order valence-electron chi connectivity index (χ1n) is 5.35. The molecule has 0 fully saturated rings. The van der Waals surface area contributed by atoms with Crippen LogP contribution in [0.25, 0.3) is 0 Å². The maximum absolute atomic E-state index is 13.1. The Morgan fingerprint density at radius 3 is 2.09 bits per heavy atom. The molecule has 2 N–H and O–H groups in total. The van der Waals surface area contributed by atoms with Crippen molar-refractivity contribution < 1.29 is 45.4 Å². The zero-order chi connectivity index (χ0) is 17.3. The molecule has 0 spiro atoms. The molecule has 1 aromatic rings. The molecule has 0 radical (unpaired) electrons. The van der Waals surface area contributed by atoms with Gasteiger partial charge in [-0.05, 0) is 12.1 Å². The molecule has 1 amide bonds. The van der Waals surface area contributed by atoms with Crippen LogP contribution in [0.2, 0.25) is 0 Å². The molecule has 4 nitrogen and oxygen atoms in total. The average Bonchev–Trinajstić information content (AvgIpc) is 2.37. The first-order chi connectivity index (χ1) is 9.84. The number of alkyl halides is 7. The number of phenolic OH excluding ortho intramolecular Hbond substituents is 1. The van der Waals surface area contributed by atoms with E-state index in [2.05, 4.69) is 4.74 Å². The number of aromatic hydroxyl groups is 1. The van der Waals surface area contributed by atoms with Gasteiger partial charge in [0, 0.05) is 11.8 Å². The van der Waals surface area contributed by atoms with Crippen LogP contribution in [0.3, 0.4) is 0 Å². The number of ether oxygens (including phenoxy) is 1. The van der Waals surface area contributed by atoms with Gasteiger partial charge in [0.2, 0.25) is 0 Å². The van der Waals surface area contributed by atoms with Gasteiger partial charge in [0.1, 0.15) is 0 Å². The van der Waals surface area contributed by atoms with Crippen LogP contribution in [0, 0.1) is 0 Å². The third-order valence-electron chi connectivity index (χ3n) is 2.47. The third-order valence-corrected chi connectivity index (χ3v) is 2.47. The van der Waals surface area contributed by atoms with Crippen molar-refractivity contribution in [3.63, 3.8) is 0 Å². The smallest absolute Gasteiger partial charge is 0.460 e. The standard InChI is InChI=1S/C11H8F7NO3/c1-22-7-3-2-5(4-6(7)20)19-8(21)9(12,13)10(14,15)11(16,17)18/h2-4,20H,1H3,(H,19,21). The molecular formula is C11H8F7NO3. The summed E-state index contributed by atoms with van der Waals surface area (Å²) in [6.07, 6.45) is -6.62. The quantitative estimate of drug-likeness (QED) is 0.831. The number of anilines is 1. The molecule has 0 bridgehead atoms. The number of rotatable bonds is 4. The summed E-state index contributed by atoms with van der Waals surface area (Å²) in [4.78, 5) is 11.0. The number of benzene rings is 1. The third kappa shape index (κ3) is 3.02. The predicted octanol–water partition coefficient (Wildman–Crippen LogP) is 3.17. The molecular weight excluding hydrogens is 327 g/mol. The minimum atomic E-state index is -6.62. The number of carbonyl (C=O) groups is 1. The second-order valence-electron chi connectivity index (χ2n) is 3.99. The maximum Gasteiger partial charge on any atom is 0.460 e. The van der Waals surface area contributed by atoms with Crippen molar-refractivity contribution in [2.45, 2.75) is 18.0 Å². The van der Waals surface area contributed by atoms with Crippen molar-refractivity contribution in [1.82, 2.24) is 0 Å². The Balaban J connectivity index is 3.04. The van der Waals surface area contributed by atoms with Gasteiger partial charge in [-0.3, -0.25) is 4.79 Å². The van der Waals surface area contributed by atoms with Crippen molar-refractivity contribution >= 4 is 11.6 Å². The normalized spacial score (nSPS) is 12.9. The maximum atomic E-state index is 13.1. The number of nitrogens with one attached hydrogen (secondary N) is 1. The second-order valence-corrected chi connectivity index (χ2v) is 3.99. The highest BCUT2D eigenvalue weighted by molar-refractivity contribution is 5.97. The zero-order valence-corrected chi connectivity index (χ0v) is 10.6. The Bertz CT molecular complexity index is 571. The summed E-state index contributed by atoms with van der Waals surface area (Å²) in [6.45, 7) is 0.